The Bertz CT molecular complexity index is 5160. The smallest absolute Gasteiger partial charge is 0.252 e. The van der Waals surface area contributed by atoms with Gasteiger partial charge in [0, 0.05) is 72.4 Å². The first-order valence-corrected chi connectivity index (χ1v) is 32.3. The van der Waals surface area contributed by atoms with Crippen molar-refractivity contribution in [3.63, 3.8) is 0 Å². The van der Waals surface area contributed by atoms with Crippen LogP contribution in [0.3, 0.4) is 0 Å². The summed E-state index contributed by atoms with van der Waals surface area (Å²) in [7, 11) is 0. The largest absolute Gasteiger partial charge is 0.310 e. The Kier molecular flexibility index (Phi) is 13.0. The fourth-order valence-electron chi connectivity index (χ4n) is 15.2. The Hall–Kier alpha value is -10.9. The lowest BCUT2D eigenvalue weighted by atomic mass is 9.33. The van der Waals surface area contributed by atoms with E-state index in [1.807, 2.05) is 0 Å². The van der Waals surface area contributed by atoms with Gasteiger partial charge in [0.25, 0.3) is 6.71 Å². The average Bonchev–Trinajstić information content (AvgIpc) is 1.15. The van der Waals surface area contributed by atoms with E-state index in [0.717, 1.165) is 64.3 Å². The van der Waals surface area contributed by atoms with Gasteiger partial charge in [-0.05, 0) is 146 Å². The molecule has 0 spiro atoms. The summed E-state index contributed by atoms with van der Waals surface area (Å²) in [6.45, 7) is 9.34. The molecule has 2 aliphatic rings. The maximum Gasteiger partial charge on any atom is 0.252 e. The van der Waals surface area contributed by atoms with Crippen molar-refractivity contribution in [3.8, 4) is 55.9 Å². The summed E-state index contributed by atoms with van der Waals surface area (Å²) in [6, 6.07) is 112. The predicted octanol–water partition coefficient (Wildman–Crippen LogP) is 21.3. The molecule has 0 amide bonds. The van der Waals surface area contributed by atoms with Gasteiger partial charge in [0.2, 0.25) is 0 Å². The van der Waals surface area contributed by atoms with Crippen LogP contribution in [0.2, 0.25) is 0 Å². The van der Waals surface area contributed by atoms with Crippen molar-refractivity contribution in [2.45, 2.75) is 52.4 Å². The van der Waals surface area contributed by atoms with E-state index in [4.69, 9.17) is 0 Å². The van der Waals surface area contributed by atoms with E-state index in [1.165, 1.54) is 116 Å². The summed E-state index contributed by atoms with van der Waals surface area (Å²) in [5.74, 6) is 0. The first kappa shape index (κ1) is 54.3. The molecule has 2 aliphatic heterocycles. The third-order valence-electron chi connectivity index (χ3n) is 19.4. The summed E-state index contributed by atoms with van der Waals surface area (Å²) in [5.41, 5.74) is 29.6. The van der Waals surface area contributed by atoms with Crippen LogP contribution in [-0.4, -0.2) is 15.8 Å². The molecule has 17 rings (SSSR count). The Morgan fingerprint density at radius 2 is 0.725 bits per heavy atom. The summed E-state index contributed by atoms with van der Waals surface area (Å²) >= 11 is 0. The van der Waals surface area contributed by atoms with Crippen molar-refractivity contribution < 1.29 is 0 Å². The van der Waals surface area contributed by atoms with Gasteiger partial charge in [-0.25, -0.2) is 0 Å². The van der Waals surface area contributed by atoms with Gasteiger partial charge >= 0.3 is 0 Å². The quantitative estimate of drug-likeness (QED) is 0.120. The summed E-state index contributed by atoms with van der Waals surface area (Å²) < 4.78 is 5.00. The first-order valence-electron chi connectivity index (χ1n) is 32.3. The number of hydrogen-bond acceptors (Lipinski definition) is 2. The summed E-state index contributed by atoms with van der Waals surface area (Å²) in [6.07, 6.45) is 3.01. The Morgan fingerprint density at radius 1 is 0.330 bits per heavy atom. The van der Waals surface area contributed by atoms with Crippen LogP contribution in [0.5, 0.6) is 0 Å². The van der Waals surface area contributed by atoms with E-state index >= 15 is 0 Å². The monoisotopic (exact) mass is 1170 g/mol. The minimum atomic E-state index is -0.278. The van der Waals surface area contributed by atoms with Crippen molar-refractivity contribution in [1.29, 1.82) is 0 Å². The number of hydrogen-bond donors (Lipinski definition) is 0. The van der Waals surface area contributed by atoms with Crippen LogP contribution in [-0.2, 0) is 11.8 Å². The van der Waals surface area contributed by atoms with Gasteiger partial charge in [-0.15, -0.1) is 0 Å². The zero-order valence-corrected chi connectivity index (χ0v) is 51.8. The number of para-hydroxylation sites is 5. The minimum Gasteiger partial charge on any atom is -0.310 e. The normalized spacial score (nSPS) is 12.7. The minimum absolute atomic E-state index is 0.178. The van der Waals surface area contributed by atoms with Crippen LogP contribution in [0.1, 0.15) is 51.7 Å². The van der Waals surface area contributed by atoms with E-state index in [9.17, 15) is 0 Å². The highest BCUT2D eigenvalue weighted by Gasteiger charge is 2.46. The Morgan fingerprint density at radius 3 is 1.15 bits per heavy atom. The Labute approximate surface area is 533 Å². The molecule has 15 aromatic rings. The van der Waals surface area contributed by atoms with Crippen LogP contribution in [0.4, 0.5) is 34.1 Å². The van der Waals surface area contributed by atoms with Crippen LogP contribution in [0, 0.1) is 0 Å². The number of aromatic nitrogens is 2. The van der Waals surface area contributed by atoms with Crippen molar-refractivity contribution in [1.82, 2.24) is 9.13 Å². The lowest BCUT2D eigenvalue weighted by Crippen LogP contribution is -2.61. The van der Waals surface area contributed by atoms with E-state index in [0.29, 0.717) is 0 Å². The molecule has 0 bridgehead atoms. The van der Waals surface area contributed by atoms with Gasteiger partial charge < -0.3 is 18.9 Å². The predicted molar refractivity (Wildman–Crippen MR) is 388 cm³/mol. The van der Waals surface area contributed by atoms with Crippen LogP contribution < -0.4 is 26.2 Å². The van der Waals surface area contributed by atoms with Gasteiger partial charge in [-0.1, -0.05) is 259 Å². The fraction of sp³-hybridized carbons (Fsp3) is 0.0930. The van der Waals surface area contributed by atoms with Crippen molar-refractivity contribution in [3.05, 3.63) is 308 Å². The molecule has 0 saturated heterocycles. The number of unbranched alkanes of at least 4 members (excludes halogenated alkanes) is 1. The number of rotatable bonds is 11. The van der Waals surface area contributed by atoms with Gasteiger partial charge in [0.1, 0.15) is 0 Å². The van der Waals surface area contributed by atoms with E-state index in [2.05, 4.69) is 344 Å². The second kappa shape index (κ2) is 21.7. The second-order valence-electron chi connectivity index (χ2n) is 25.8. The number of anilines is 6. The maximum atomic E-state index is 2.75. The molecule has 5 heteroatoms. The van der Waals surface area contributed by atoms with E-state index in [1.54, 1.807) is 0 Å². The standard InChI is InChI=1S/C86H67BN4/c1-5-6-28-61-51-62(57-29-11-7-12-30-57)52-72(60-35-17-10-18-36-60)84(61)90-79-55-64(88-75-43-23-19-37-68(75)69-38-20-24-44-76(69)88)47-49-73(79)87-74-50-48-65(89-77-45-25-21-39-70(77)71-40-22-26-46-78(71)89)56-80(74)91(82-54-63(86(2,3)4)53-81(90)83(82)87)85-66(58-31-13-8-14-32-58)41-27-42-67(85)59-33-15-9-16-34-59/h7-27,29-56H,5-6,28H2,1-4H3. The van der Waals surface area contributed by atoms with E-state index in [-0.39, 0.29) is 12.1 Å². The summed E-state index contributed by atoms with van der Waals surface area (Å²) in [4.78, 5) is 5.45. The molecule has 0 atom stereocenters. The average molecular weight is 1170 g/mol. The van der Waals surface area contributed by atoms with Gasteiger partial charge in [-0.3, -0.25) is 0 Å². The molecule has 4 nitrogen and oxygen atoms in total. The highest BCUT2D eigenvalue weighted by molar-refractivity contribution is 7.00. The highest BCUT2D eigenvalue weighted by atomic mass is 15.2. The third kappa shape index (κ3) is 8.81. The molecule has 0 unspecified atom stereocenters. The number of fused-ring (bicyclic) bond motifs is 10. The van der Waals surface area contributed by atoms with E-state index < -0.39 is 0 Å². The molecule has 0 fully saturated rings. The van der Waals surface area contributed by atoms with Crippen molar-refractivity contribution in [2.75, 3.05) is 9.80 Å². The number of aryl methyl sites for hydroxylation is 1. The molecule has 4 heterocycles. The van der Waals surface area contributed by atoms with Gasteiger partial charge in [-0.2, -0.15) is 0 Å². The number of nitrogens with zero attached hydrogens (tertiary/aromatic N) is 4. The van der Waals surface area contributed by atoms with Crippen molar-refractivity contribution in [2.24, 2.45) is 0 Å². The molecular formula is C86H67BN4. The Balaban J connectivity index is 1.05. The lowest BCUT2D eigenvalue weighted by Gasteiger charge is -2.46. The first-order chi connectivity index (χ1) is 44.8. The zero-order valence-electron chi connectivity index (χ0n) is 51.8. The molecule has 0 aliphatic carbocycles. The maximum absolute atomic E-state index is 2.75. The zero-order chi connectivity index (χ0) is 60.9. The molecule has 0 N–H and O–H groups in total. The van der Waals surface area contributed by atoms with Crippen LogP contribution in [0.25, 0.3) is 99.5 Å². The topological polar surface area (TPSA) is 16.3 Å². The molecule has 91 heavy (non-hydrogen) atoms. The molecule has 0 saturated carbocycles. The van der Waals surface area contributed by atoms with Crippen molar-refractivity contribution >= 4 is 101 Å². The van der Waals surface area contributed by atoms with Crippen LogP contribution >= 0.6 is 0 Å². The van der Waals surface area contributed by atoms with Gasteiger partial charge in [0.05, 0.1) is 33.4 Å². The molecular weight excluding hydrogens is 1100 g/mol. The SMILES string of the molecule is CCCCc1cc(-c2ccccc2)cc(-c2ccccc2)c1N1c2cc(-n3c4ccccc4c4ccccc43)ccc2B2c3ccc(-n4c5ccccc5c5ccccc54)cc3N(c3c(-c4ccccc4)cccc3-c3ccccc3)c3cc(C(C)(C)C)cc1c32. The fourth-order valence-corrected chi connectivity index (χ4v) is 15.2. The second-order valence-corrected chi connectivity index (χ2v) is 25.8. The summed E-state index contributed by atoms with van der Waals surface area (Å²) in [5, 5.41) is 4.97. The van der Waals surface area contributed by atoms with Gasteiger partial charge in [0.15, 0.2) is 0 Å². The molecule has 13 aromatic carbocycles. The lowest BCUT2D eigenvalue weighted by molar-refractivity contribution is 0.590. The number of benzene rings is 13. The van der Waals surface area contributed by atoms with Crippen LogP contribution in [0.15, 0.2) is 297 Å². The third-order valence-corrected chi connectivity index (χ3v) is 19.4. The molecule has 434 valence electrons. The molecule has 2 aromatic heterocycles. The highest BCUT2D eigenvalue weighted by Crippen LogP contribution is 2.54. The molecule has 0 radical (unpaired) electrons.